The normalized spacial score (nSPS) is 17.1. The molecule has 146 valence electrons. The molecular weight excluding hydrogens is 340 g/mol. The fourth-order valence-electron chi connectivity index (χ4n) is 3.12. The first-order valence-corrected chi connectivity index (χ1v) is 9.49. The lowest BCUT2D eigenvalue weighted by Crippen LogP contribution is -2.36. The van der Waals surface area contributed by atoms with Crippen LogP contribution in [-0.4, -0.2) is 37.4 Å². The average Bonchev–Trinajstić information content (AvgIpc) is 3.33. The fourth-order valence-corrected chi connectivity index (χ4v) is 3.12. The van der Waals surface area contributed by atoms with Crippen molar-refractivity contribution in [3.63, 3.8) is 0 Å². The Labute approximate surface area is 161 Å². The van der Waals surface area contributed by atoms with Crippen LogP contribution in [0.1, 0.15) is 23.1 Å². The molecule has 2 N–H and O–H groups in total. The highest BCUT2D eigenvalue weighted by molar-refractivity contribution is 5.79. The summed E-state index contributed by atoms with van der Waals surface area (Å²) in [6.45, 7) is 5.83. The summed E-state index contributed by atoms with van der Waals surface area (Å²) in [7, 11) is 3.81. The van der Waals surface area contributed by atoms with E-state index in [1.807, 2.05) is 17.8 Å². The van der Waals surface area contributed by atoms with E-state index in [9.17, 15) is 0 Å². The summed E-state index contributed by atoms with van der Waals surface area (Å²) >= 11 is 0. The molecule has 0 amide bonds. The van der Waals surface area contributed by atoms with Crippen molar-refractivity contribution in [3.8, 4) is 5.75 Å². The number of hydrogen-bond donors (Lipinski definition) is 2. The van der Waals surface area contributed by atoms with Crippen molar-refractivity contribution in [1.29, 1.82) is 0 Å². The Morgan fingerprint density at radius 2 is 2.15 bits per heavy atom. The first-order valence-electron chi connectivity index (χ1n) is 9.49. The Bertz CT molecular complexity index is 763. The standard InChI is InChI=1S/C21H30N4O2/c1-16-4-5-19(20(10-16)27-15-18-7-9-26-14-18)12-24-21(22-2)23-11-17-6-8-25(3)13-17/h4-6,8,10,13,18H,7,9,11-12,14-15H2,1-3H3,(H2,22,23,24). The first kappa shape index (κ1) is 19.3. The third-order valence-electron chi connectivity index (χ3n) is 4.74. The van der Waals surface area contributed by atoms with E-state index in [0.29, 0.717) is 19.1 Å². The number of aryl methyl sites for hydroxylation is 2. The summed E-state index contributed by atoms with van der Waals surface area (Å²) in [4.78, 5) is 4.31. The molecule has 6 nitrogen and oxygen atoms in total. The van der Waals surface area contributed by atoms with E-state index in [1.165, 1.54) is 11.1 Å². The third-order valence-corrected chi connectivity index (χ3v) is 4.74. The molecule has 1 aliphatic heterocycles. The largest absolute Gasteiger partial charge is 0.493 e. The predicted octanol–water partition coefficient (Wildman–Crippen LogP) is 2.61. The zero-order valence-corrected chi connectivity index (χ0v) is 16.5. The molecule has 27 heavy (non-hydrogen) atoms. The molecule has 1 aliphatic rings. The van der Waals surface area contributed by atoms with Gasteiger partial charge in [0, 0.05) is 57.7 Å². The van der Waals surface area contributed by atoms with Crippen LogP contribution in [0.2, 0.25) is 0 Å². The molecule has 0 saturated carbocycles. The lowest BCUT2D eigenvalue weighted by atomic mass is 10.1. The van der Waals surface area contributed by atoms with Crippen molar-refractivity contribution in [3.05, 3.63) is 53.3 Å². The van der Waals surface area contributed by atoms with Gasteiger partial charge >= 0.3 is 0 Å². The van der Waals surface area contributed by atoms with Crippen LogP contribution in [0.25, 0.3) is 0 Å². The van der Waals surface area contributed by atoms with Crippen LogP contribution in [0, 0.1) is 12.8 Å². The number of nitrogens with one attached hydrogen (secondary N) is 2. The van der Waals surface area contributed by atoms with Crippen molar-refractivity contribution < 1.29 is 9.47 Å². The molecule has 1 unspecified atom stereocenters. The molecule has 0 spiro atoms. The van der Waals surface area contributed by atoms with Gasteiger partial charge in [0.2, 0.25) is 0 Å². The summed E-state index contributed by atoms with van der Waals surface area (Å²) in [5, 5.41) is 6.72. The van der Waals surface area contributed by atoms with E-state index in [4.69, 9.17) is 9.47 Å². The molecule has 2 aromatic rings. The molecule has 1 aromatic carbocycles. The Hall–Kier alpha value is -2.47. The van der Waals surface area contributed by atoms with Gasteiger partial charge in [-0.2, -0.15) is 0 Å². The minimum Gasteiger partial charge on any atom is -0.493 e. The van der Waals surface area contributed by atoms with Crippen LogP contribution in [0.5, 0.6) is 5.75 Å². The monoisotopic (exact) mass is 370 g/mol. The van der Waals surface area contributed by atoms with Gasteiger partial charge in [-0.25, -0.2) is 0 Å². The second-order valence-electron chi connectivity index (χ2n) is 7.12. The van der Waals surface area contributed by atoms with Crippen molar-refractivity contribution >= 4 is 5.96 Å². The van der Waals surface area contributed by atoms with Gasteiger partial charge in [0.15, 0.2) is 5.96 Å². The zero-order valence-electron chi connectivity index (χ0n) is 16.5. The number of nitrogens with zero attached hydrogens (tertiary/aromatic N) is 2. The third kappa shape index (κ3) is 5.76. The number of hydrogen-bond acceptors (Lipinski definition) is 3. The summed E-state index contributed by atoms with van der Waals surface area (Å²) < 4.78 is 13.6. The van der Waals surface area contributed by atoms with Crippen LogP contribution < -0.4 is 15.4 Å². The molecule has 2 heterocycles. The van der Waals surface area contributed by atoms with Crippen LogP contribution in [-0.2, 0) is 24.9 Å². The molecule has 1 aromatic heterocycles. The number of aliphatic imine (C=N–C) groups is 1. The molecule has 3 rings (SSSR count). The zero-order chi connectivity index (χ0) is 19.1. The van der Waals surface area contributed by atoms with Gasteiger partial charge in [0.1, 0.15) is 5.75 Å². The highest BCUT2D eigenvalue weighted by atomic mass is 16.5. The van der Waals surface area contributed by atoms with E-state index >= 15 is 0 Å². The molecule has 1 atom stereocenters. The highest BCUT2D eigenvalue weighted by Gasteiger charge is 2.17. The van der Waals surface area contributed by atoms with Crippen LogP contribution in [0.4, 0.5) is 0 Å². The lowest BCUT2D eigenvalue weighted by molar-refractivity contribution is 0.166. The minimum atomic E-state index is 0.492. The highest BCUT2D eigenvalue weighted by Crippen LogP contribution is 2.22. The van der Waals surface area contributed by atoms with Gasteiger partial charge in [0.25, 0.3) is 0 Å². The predicted molar refractivity (Wildman–Crippen MR) is 108 cm³/mol. The lowest BCUT2D eigenvalue weighted by Gasteiger charge is -2.17. The van der Waals surface area contributed by atoms with E-state index in [-0.39, 0.29) is 0 Å². The molecule has 0 bridgehead atoms. The number of ether oxygens (including phenoxy) is 2. The summed E-state index contributed by atoms with van der Waals surface area (Å²) in [6, 6.07) is 8.43. The van der Waals surface area contributed by atoms with Gasteiger partial charge in [-0.05, 0) is 36.6 Å². The van der Waals surface area contributed by atoms with Crippen molar-refractivity contribution in [1.82, 2.24) is 15.2 Å². The Morgan fingerprint density at radius 3 is 2.85 bits per heavy atom. The second kappa shape index (κ2) is 9.46. The molecule has 1 saturated heterocycles. The van der Waals surface area contributed by atoms with Crippen molar-refractivity contribution in [2.24, 2.45) is 18.0 Å². The summed E-state index contributed by atoms with van der Waals surface area (Å²) in [5.74, 6) is 2.20. The molecule has 0 radical (unpaired) electrons. The van der Waals surface area contributed by atoms with Crippen LogP contribution >= 0.6 is 0 Å². The van der Waals surface area contributed by atoms with Gasteiger partial charge in [0.05, 0.1) is 13.2 Å². The topological polar surface area (TPSA) is 59.8 Å². The molecule has 6 heteroatoms. The van der Waals surface area contributed by atoms with E-state index in [0.717, 1.165) is 43.5 Å². The number of guanidine groups is 1. The number of benzene rings is 1. The van der Waals surface area contributed by atoms with E-state index < -0.39 is 0 Å². The number of aromatic nitrogens is 1. The smallest absolute Gasteiger partial charge is 0.191 e. The quantitative estimate of drug-likeness (QED) is 0.581. The maximum atomic E-state index is 6.12. The van der Waals surface area contributed by atoms with Gasteiger partial charge in [-0.3, -0.25) is 4.99 Å². The SMILES string of the molecule is CN=C(NCc1ccn(C)c1)NCc1ccc(C)cc1OCC1CCOC1. The minimum absolute atomic E-state index is 0.492. The maximum Gasteiger partial charge on any atom is 0.191 e. The van der Waals surface area contributed by atoms with Gasteiger partial charge in [-0.1, -0.05) is 12.1 Å². The van der Waals surface area contributed by atoms with Gasteiger partial charge in [-0.15, -0.1) is 0 Å². The van der Waals surface area contributed by atoms with E-state index in [1.54, 1.807) is 7.05 Å². The Kier molecular flexibility index (Phi) is 6.76. The number of rotatable bonds is 7. The Morgan fingerprint density at radius 1 is 1.30 bits per heavy atom. The Balaban J connectivity index is 1.55. The molecular formula is C21H30N4O2. The summed E-state index contributed by atoms with van der Waals surface area (Å²) in [5.41, 5.74) is 3.55. The maximum absolute atomic E-state index is 6.12. The van der Waals surface area contributed by atoms with Crippen LogP contribution in [0.15, 0.2) is 41.7 Å². The molecule has 0 aliphatic carbocycles. The van der Waals surface area contributed by atoms with Crippen molar-refractivity contribution in [2.75, 3.05) is 26.9 Å². The van der Waals surface area contributed by atoms with Crippen LogP contribution in [0.3, 0.4) is 0 Å². The van der Waals surface area contributed by atoms with Crippen molar-refractivity contribution in [2.45, 2.75) is 26.4 Å². The van der Waals surface area contributed by atoms with E-state index in [2.05, 4.69) is 53.0 Å². The second-order valence-corrected chi connectivity index (χ2v) is 7.12. The average molecular weight is 370 g/mol. The first-order chi connectivity index (χ1) is 13.1. The molecule has 1 fully saturated rings. The van der Waals surface area contributed by atoms with Gasteiger partial charge < -0.3 is 24.7 Å². The fraction of sp³-hybridized carbons (Fsp3) is 0.476. The summed E-state index contributed by atoms with van der Waals surface area (Å²) in [6.07, 6.45) is 5.22.